The summed E-state index contributed by atoms with van der Waals surface area (Å²) in [5, 5.41) is 0. The Morgan fingerprint density at radius 3 is 1.24 bits per heavy atom. The van der Waals surface area contributed by atoms with Crippen molar-refractivity contribution >= 4 is 0 Å². The Hall–Kier alpha value is -0.0800. The average molecular weight is 299 g/mol. The molecule has 0 heterocycles. The molecule has 0 aliphatic heterocycles. The summed E-state index contributed by atoms with van der Waals surface area (Å²) >= 11 is 0. The Bertz CT molecular complexity index is 182. The Morgan fingerprint density at radius 1 is 0.571 bits per heavy atom. The highest BCUT2D eigenvalue weighted by Crippen LogP contribution is 2.14. The minimum absolute atomic E-state index is 0.552. The average Bonchev–Trinajstić information content (AvgIpc) is 2.51. The molecule has 0 radical (unpaired) electrons. The van der Waals surface area contributed by atoms with E-state index < -0.39 is 0 Å². The highest BCUT2D eigenvalue weighted by molar-refractivity contribution is 4.64. The van der Waals surface area contributed by atoms with Crippen LogP contribution in [0.2, 0.25) is 0 Å². The van der Waals surface area contributed by atoms with E-state index in [0.717, 1.165) is 0 Å². The highest BCUT2D eigenvalue weighted by Gasteiger charge is 2.05. The molecule has 0 aliphatic rings. The fraction of sp³-hybridized carbons (Fsp3) is 1.00. The SMILES string of the molecule is CCCCCCCCCCC(CCCCCCCC)NN. The first-order chi connectivity index (χ1) is 10.3. The third kappa shape index (κ3) is 16.1. The molecule has 0 bridgehead atoms. The number of nitrogens with two attached hydrogens (primary N) is 1. The van der Waals surface area contributed by atoms with Crippen molar-refractivity contribution in [2.75, 3.05) is 0 Å². The van der Waals surface area contributed by atoms with Crippen LogP contribution in [-0.4, -0.2) is 6.04 Å². The minimum atomic E-state index is 0.552. The van der Waals surface area contributed by atoms with Gasteiger partial charge in [-0.15, -0.1) is 0 Å². The van der Waals surface area contributed by atoms with Gasteiger partial charge in [0, 0.05) is 6.04 Å². The summed E-state index contributed by atoms with van der Waals surface area (Å²) in [6, 6.07) is 0.552. The van der Waals surface area contributed by atoms with Crippen LogP contribution in [0.5, 0.6) is 0 Å². The van der Waals surface area contributed by atoms with E-state index in [4.69, 9.17) is 5.84 Å². The van der Waals surface area contributed by atoms with Gasteiger partial charge in [-0.1, -0.05) is 104 Å². The summed E-state index contributed by atoms with van der Waals surface area (Å²) in [4.78, 5) is 0. The molecule has 0 saturated carbocycles. The van der Waals surface area contributed by atoms with Crippen LogP contribution in [0.4, 0.5) is 0 Å². The lowest BCUT2D eigenvalue weighted by Gasteiger charge is -2.15. The second-order valence-electron chi connectivity index (χ2n) is 6.68. The van der Waals surface area contributed by atoms with Crippen molar-refractivity contribution in [3.05, 3.63) is 0 Å². The van der Waals surface area contributed by atoms with Gasteiger partial charge in [-0.05, 0) is 12.8 Å². The van der Waals surface area contributed by atoms with Crippen molar-refractivity contribution < 1.29 is 0 Å². The van der Waals surface area contributed by atoms with E-state index in [2.05, 4.69) is 19.3 Å². The van der Waals surface area contributed by atoms with Gasteiger partial charge in [-0.25, -0.2) is 0 Å². The Morgan fingerprint density at radius 2 is 0.905 bits per heavy atom. The highest BCUT2D eigenvalue weighted by atomic mass is 15.2. The first-order valence-electron chi connectivity index (χ1n) is 9.81. The molecule has 0 aromatic rings. The standard InChI is InChI=1S/C19H42N2/c1-3-5-7-9-11-12-14-16-18-19(21-20)17-15-13-10-8-6-4-2/h19,21H,3-18,20H2,1-2H3. The summed E-state index contributed by atoms with van der Waals surface area (Å²) in [5.74, 6) is 5.68. The molecule has 0 amide bonds. The number of nitrogens with one attached hydrogen (secondary N) is 1. The fourth-order valence-electron chi connectivity index (χ4n) is 3.01. The Labute approximate surface area is 134 Å². The topological polar surface area (TPSA) is 38.0 Å². The second kappa shape index (κ2) is 18.0. The lowest BCUT2D eigenvalue weighted by atomic mass is 10.0. The molecule has 1 atom stereocenters. The van der Waals surface area contributed by atoms with Gasteiger partial charge in [0.1, 0.15) is 0 Å². The molecule has 1 unspecified atom stereocenters. The maximum Gasteiger partial charge on any atom is 0.0210 e. The summed E-state index contributed by atoms with van der Waals surface area (Å²) < 4.78 is 0. The first-order valence-corrected chi connectivity index (χ1v) is 9.81. The third-order valence-electron chi connectivity index (χ3n) is 4.55. The van der Waals surface area contributed by atoms with Gasteiger partial charge in [0.2, 0.25) is 0 Å². The van der Waals surface area contributed by atoms with Gasteiger partial charge in [0.15, 0.2) is 0 Å². The Kier molecular flexibility index (Phi) is 17.9. The molecule has 2 nitrogen and oxygen atoms in total. The smallest absolute Gasteiger partial charge is 0.0210 e. The molecular formula is C19H42N2. The summed E-state index contributed by atoms with van der Waals surface area (Å²) in [5.41, 5.74) is 3.02. The van der Waals surface area contributed by atoms with Crippen LogP contribution < -0.4 is 11.3 Å². The zero-order valence-electron chi connectivity index (χ0n) is 15.0. The quantitative estimate of drug-likeness (QED) is 0.193. The molecule has 0 fully saturated rings. The van der Waals surface area contributed by atoms with Crippen molar-refractivity contribution in [3.8, 4) is 0 Å². The van der Waals surface area contributed by atoms with Crippen molar-refractivity contribution in [1.82, 2.24) is 5.43 Å². The molecule has 2 heteroatoms. The van der Waals surface area contributed by atoms with E-state index in [1.165, 1.54) is 103 Å². The van der Waals surface area contributed by atoms with Crippen LogP contribution in [-0.2, 0) is 0 Å². The largest absolute Gasteiger partial charge is 0.271 e. The molecule has 3 N–H and O–H groups in total. The zero-order chi connectivity index (χ0) is 15.6. The van der Waals surface area contributed by atoms with E-state index in [-0.39, 0.29) is 0 Å². The van der Waals surface area contributed by atoms with Crippen LogP contribution in [0, 0.1) is 0 Å². The lowest BCUT2D eigenvalue weighted by Crippen LogP contribution is -2.34. The molecule has 0 rings (SSSR count). The predicted octanol–water partition coefficient (Wildman–Crippen LogP) is 6.10. The van der Waals surface area contributed by atoms with Crippen LogP contribution in [0.1, 0.15) is 117 Å². The monoisotopic (exact) mass is 298 g/mol. The number of hydrogen-bond donors (Lipinski definition) is 2. The van der Waals surface area contributed by atoms with Crippen molar-refractivity contribution in [2.45, 2.75) is 123 Å². The van der Waals surface area contributed by atoms with E-state index in [0.29, 0.717) is 6.04 Å². The van der Waals surface area contributed by atoms with Crippen molar-refractivity contribution in [3.63, 3.8) is 0 Å². The van der Waals surface area contributed by atoms with E-state index in [1.807, 2.05) is 0 Å². The van der Waals surface area contributed by atoms with Crippen LogP contribution in [0.15, 0.2) is 0 Å². The van der Waals surface area contributed by atoms with Crippen LogP contribution in [0.3, 0.4) is 0 Å². The maximum atomic E-state index is 5.68. The van der Waals surface area contributed by atoms with Gasteiger partial charge >= 0.3 is 0 Å². The zero-order valence-corrected chi connectivity index (χ0v) is 15.0. The summed E-state index contributed by atoms with van der Waals surface area (Å²) in [7, 11) is 0. The molecule has 0 saturated heterocycles. The van der Waals surface area contributed by atoms with Gasteiger partial charge in [-0.2, -0.15) is 0 Å². The molecular weight excluding hydrogens is 256 g/mol. The van der Waals surface area contributed by atoms with E-state index >= 15 is 0 Å². The molecule has 0 aliphatic carbocycles. The van der Waals surface area contributed by atoms with Crippen LogP contribution in [0.25, 0.3) is 0 Å². The van der Waals surface area contributed by atoms with Gasteiger partial charge < -0.3 is 0 Å². The summed E-state index contributed by atoms with van der Waals surface area (Å²) in [6.45, 7) is 4.56. The van der Waals surface area contributed by atoms with Crippen molar-refractivity contribution in [1.29, 1.82) is 0 Å². The number of hydrazine groups is 1. The predicted molar refractivity (Wildman–Crippen MR) is 96.3 cm³/mol. The van der Waals surface area contributed by atoms with E-state index in [1.54, 1.807) is 0 Å². The van der Waals surface area contributed by atoms with Gasteiger partial charge in [-0.3, -0.25) is 11.3 Å². The van der Waals surface area contributed by atoms with E-state index in [9.17, 15) is 0 Å². The summed E-state index contributed by atoms with van der Waals surface area (Å²) in [6.07, 6.45) is 22.0. The molecule has 0 aromatic carbocycles. The van der Waals surface area contributed by atoms with Crippen molar-refractivity contribution in [2.24, 2.45) is 5.84 Å². The third-order valence-corrected chi connectivity index (χ3v) is 4.55. The Balaban J connectivity index is 3.28. The first kappa shape index (κ1) is 20.9. The number of hydrogen-bond acceptors (Lipinski definition) is 2. The molecule has 21 heavy (non-hydrogen) atoms. The van der Waals surface area contributed by atoms with Gasteiger partial charge in [0.25, 0.3) is 0 Å². The van der Waals surface area contributed by atoms with Crippen LogP contribution >= 0.6 is 0 Å². The fourth-order valence-corrected chi connectivity index (χ4v) is 3.01. The minimum Gasteiger partial charge on any atom is -0.271 e. The number of rotatable bonds is 17. The normalized spacial score (nSPS) is 12.7. The van der Waals surface area contributed by atoms with Gasteiger partial charge in [0.05, 0.1) is 0 Å². The number of unbranched alkanes of at least 4 members (excludes halogenated alkanes) is 12. The molecule has 0 spiro atoms. The molecule has 0 aromatic heterocycles. The second-order valence-corrected chi connectivity index (χ2v) is 6.68. The molecule has 128 valence electrons. The maximum absolute atomic E-state index is 5.68. The lowest BCUT2D eigenvalue weighted by molar-refractivity contribution is 0.418.